The average Bonchev–Trinajstić information content (AvgIpc) is 2.69. The van der Waals surface area contributed by atoms with Crippen LogP contribution in [0, 0.1) is 0 Å². The molecule has 0 aliphatic carbocycles. The molecule has 26 heavy (non-hydrogen) atoms. The van der Waals surface area contributed by atoms with Gasteiger partial charge in [0.05, 0.1) is 32.0 Å². The van der Waals surface area contributed by atoms with Crippen LogP contribution in [0.15, 0.2) is 48.5 Å². The van der Waals surface area contributed by atoms with Crippen LogP contribution in [-0.4, -0.2) is 32.6 Å². The molecule has 0 aromatic heterocycles. The van der Waals surface area contributed by atoms with Crippen molar-refractivity contribution in [3.05, 3.63) is 65.2 Å². The van der Waals surface area contributed by atoms with Gasteiger partial charge in [-0.1, -0.05) is 31.2 Å². The van der Waals surface area contributed by atoms with E-state index >= 15 is 0 Å². The van der Waals surface area contributed by atoms with Crippen molar-refractivity contribution in [3.8, 4) is 11.5 Å². The standard InChI is InChI=1S/C21H22O5/c1-4-13-26-21(23)17-8-6-5-7-15(17)9-11-19(22)18-14-16(24-2)10-12-20(18)25-3/h5-12,14H,4,13H2,1-3H3. The molecule has 0 bridgehead atoms. The summed E-state index contributed by atoms with van der Waals surface area (Å²) in [6.07, 6.45) is 3.75. The van der Waals surface area contributed by atoms with Crippen molar-refractivity contribution in [2.24, 2.45) is 0 Å². The summed E-state index contributed by atoms with van der Waals surface area (Å²) in [6, 6.07) is 12.0. The minimum atomic E-state index is -0.404. The summed E-state index contributed by atoms with van der Waals surface area (Å²) in [5, 5.41) is 0. The van der Waals surface area contributed by atoms with Gasteiger partial charge in [0.1, 0.15) is 11.5 Å². The first-order valence-electron chi connectivity index (χ1n) is 8.31. The van der Waals surface area contributed by atoms with Crippen molar-refractivity contribution in [2.45, 2.75) is 13.3 Å². The molecule has 0 unspecified atom stereocenters. The van der Waals surface area contributed by atoms with E-state index in [0.29, 0.717) is 34.8 Å². The average molecular weight is 354 g/mol. The zero-order chi connectivity index (χ0) is 18.9. The smallest absolute Gasteiger partial charge is 0.338 e. The Hall–Kier alpha value is -3.08. The fourth-order valence-electron chi connectivity index (χ4n) is 2.36. The Balaban J connectivity index is 2.28. The lowest BCUT2D eigenvalue weighted by atomic mass is 10.0. The van der Waals surface area contributed by atoms with Crippen molar-refractivity contribution < 1.29 is 23.8 Å². The summed E-state index contributed by atoms with van der Waals surface area (Å²) in [7, 11) is 3.03. The molecule has 0 fully saturated rings. The Morgan fingerprint density at radius 2 is 1.77 bits per heavy atom. The topological polar surface area (TPSA) is 61.8 Å². The summed E-state index contributed by atoms with van der Waals surface area (Å²) in [6.45, 7) is 2.29. The van der Waals surface area contributed by atoms with E-state index in [-0.39, 0.29) is 5.78 Å². The largest absolute Gasteiger partial charge is 0.497 e. The van der Waals surface area contributed by atoms with Crippen LogP contribution in [0.4, 0.5) is 0 Å². The summed E-state index contributed by atoms with van der Waals surface area (Å²) < 4.78 is 15.6. The number of methoxy groups -OCH3 is 2. The van der Waals surface area contributed by atoms with E-state index in [4.69, 9.17) is 14.2 Å². The van der Waals surface area contributed by atoms with Gasteiger partial charge < -0.3 is 14.2 Å². The molecule has 2 rings (SSSR count). The maximum absolute atomic E-state index is 12.6. The molecule has 0 spiro atoms. The number of rotatable bonds is 8. The number of ketones is 1. The maximum atomic E-state index is 12.6. The predicted molar refractivity (Wildman–Crippen MR) is 99.9 cm³/mol. The van der Waals surface area contributed by atoms with Crippen LogP contribution in [0.5, 0.6) is 11.5 Å². The second kappa shape index (κ2) is 9.42. The van der Waals surface area contributed by atoms with E-state index in [9.17, 15) is 9.59 Å². The van der Waals surface area contributed by atoms with Crippen LogP contribution in [0.1, 0.15) is 39.6 Å². The zero-order valence-corrected chi connectivity index (χ0v) is 15.2. The van der Waals surface area contributed by atoms with Gasteiger partial charge in [0.2, 0.25) is 0 Å². The van der Waals surface area contributed by atoms with Gasteiger partial charge in [0, 0.05) is 0 Å². The maximum Gasteiger partial charge on any atom is 0.338 e. The third-order valence-electron chi connectivity index (χ3n) is 3.70. The number of hydrogen-bond acceptors (Lipinski definition) is 5. The van der Waals surface area contributed by atoms with Gasteiger partial charge in [-0.15, -0.1) is 0 Å². The number of ether oxygens (including phenoxy) is 3. The fraction of sp³-hybridized carbons (Fsp3) is 0.238. The normalized spacial score (nSPS) is 10.6. The highest BCUT2D eigenvalue weighted by molar-refractivity contribution is 6.09. The van der Waals surface area contributed by atoms with Crippen LogP contribution in [0.3, 0.4) is 0 Å². The van der Waals surface area contributed by atoms with Crippen LogP contribution < -0.4 is 9.47 Å². The lowest BCUT2D eigenvalue weighted by Gasteiger charge is -2.08. The van der Waals surface area contributed by atoms with Crippen molar-refractivity contribution in [1.29, 1.82) is 0 Å². The molecule has 0 aliphatic heterocycles. The van der Waals surface area contributed by atoms with Gasteiger partial charge >= 0.3 is 5.97 Å². The molecule has 136 valence electrons. The zero-order valence-electron chi connectivity index (χ0n) is 15.2. The van der Waals surface area contributed by atoms with Crippen molar-refractivity contribution in [1.82, 2.24) is 0 Å². The highest BCUT2D eigenvalue weighted by Gasteiger charge is 2.13. The fourth-order valence-corrected chi connectivity index (χ4v) is 2.36. The van der Waals surface area contributed by atoms with E-state index < -0.39 is 5.97 Å². The number of esters is 1. The van der Waals surface area contributed by atoms with Crippen molar-refractivity contribution in [3.63, 3.8) is 0 Å². The first-order valence-corrected chi connectivity index (χ1v) is 8.31. The Morgan fingerprint density at radius 1 is 1.00 bits per heavy atom. The van der Waals surface area contributed by atoms with E-state index in [0.717, 1.165) is 6.42 Å². The van der Waals surface area contributed by atoms with Gasteiger partial charge in [-0.2, -0.15) is 0 Å². The molecule has 0 radical (unpaired) electrons. The molecule has 0 atom stereocenters. The minimum Gasteiger partial charge on any atom is -0.497 e. The number of benzene rings is 2. The van der Waals surface area contributed by atoms with Crippen LogP contribution in [0.25, 0.3) is 6.08 Å². The van der Waals surface area contributed by atoms with Crippen LogP contribution in [0.2, 0.25) is 0 Å². The SMILES string of the molecule is CCCOC(=O)c1ccccc1C=CC(=O)c1cc(OC)ccc1OC. The van der Waals surface area contributed by atoms with Gasteiger partial charge in [0.25, 0.3) is 0 Å². The first-order chi connectivity index (χ1) is 12.6. The Labute approximate surface area is 153 Å². The Morgan fingerprint density at radius 3 is 2.46 bits per heavy atom. The van der Waals surface area contributed by atoms with Crippen molar-refractivity contribution in [2.75, 3.05) is 20.8 Å². The molecule has 2 aromatic rings. The molecule has 5 nitrogen and oxygen atoms in total. The number of allylic oxidation sites excluding steroid dienone is 1. The molecule has 0 N–H and O–H groups in total. The molecule has 2 aromatic carbocycles. The summed E-state index contributed by atoms with van der Waals surface area (Å²) >= 11 is 0. The van der Waals surface area contributed by atoms with E-state index in [2.05, 4.69) is 0 Å². The Kier molecular flexibility index (Phi) is 6.97. The third kappa shape index (κ3) is 4.72. The van der Waals surface area contributed by atoms with Gasteiger partial charge in [-0.25, -0.2) is 4.79 Å². The minimum absolute atomic E-state index is 0.252. The van der Waals surface area contributed by atoms with E-state index in [1.165, 1.54) is 20.3 Å². The number of hydrogen-bond donors (Lipinski definition) is 0. The second-order valence-corrected chi connectivity index (χ2v) is 5.49. The molecule has 0 heterocycles. The molecule has 5 heteroatoms. The summed E-state index contributed by atoms with van der Waals surface area (Å²) in [5.41, 5.74) is 1.42. The lowest BCUT2D eigenvalue weighted by Crippen LogP contribution is -2.07. The molecule has 0 saturated heterocycles. The first kappa shape index (κ1) is 19.2. The lowest BCUT2D eigenvalue weighted by molar-refractivity contribution is 0.0504. The predicted octanol–water partition coefficient (Wildman–Crippen LogP) is 4.17. The highest BCUT2D eigenvalue weighted by atomic mass is 16.5. The van der Waals surface area contributed by atoms with Crippen LogP contribution >= 0.6 is 0 Å². The third-order valence-corrected chi connectivity index (χ3v) is 3.70. The summed E-state index contributed by atoms with van der Waals surface area (Å²) in [5.74, 6) is 0.359. The van der Waals surface area contributed by atoms with Gasteiger partial charge in [0.15, 0.2) is 5.78 Å². The van der Waals surface area contributed by atoms with Gasteiger partial charge in [-0.05, 0) is 42.3 Å². The van der Waals surface area contributed by atoms with E-state index in [1.807, 2.05) is 6.92 Å². The molecular formula is C21H22O5. The summed E-state index contributed by atoms with van der Waals surface area (Å²) in [4.78, 5) is 24.7. The molecule has 0 saturated carbocycles. The molecular weight excluding hydrogens is 332 g/mol. The molecule has 0 aliphatic rings. The number of carbonyl (C=O) groups excluding carboxylic acids is 2. The highest BCUT2D eigenvalue weighted by Crippen LogP contribution is 2.25. The van der Waals surface area contributed by atoms with Gasteiger partial charge in [-0.3, -0.25) is 4.79 Å². The van der Waals surface area contributed by atoms with Crippen molar-refractivity contribution >= 4 is 17.8 Å². The number of carbonyl (C=O) groups is 2. The quantitative estimate of drug-likeness (QED) is 0.404. The molecule has 0 amide bonds. The van der Waals surface area contributed by atoms with Crippen LogP contribution in [-0.2, 0) is 4.74 Å². The second-order valence-electron chi connectivity index (χ2n) is 5.49. The monoisotopic (exact) mass is 354 g/mol. The van der Waals surface area contributed by atoms with E-state index in [1.54, 1.807) is 48.5 Å². The Bertz CT molecular complexity index is 808.